The number of hydrogen-bond donors (Lipinski definition) is 2. The molecule has 0 saturated heterocycles. The van der Waals surface area contributed by atoms with Crippen molar-refractivity contribution in [2.75, 3.05) is 20.4 Å². The molecule has 1 aliphatic rings. The van der Waals surface area contributed by atoms with E-state index in [0.717, 1.165) is 47.7 Å². The lowest BCUT2D eigenvalue weighted by molar-refractivity contribution is 0.174. The summed E-state index contributed by atoms with van der Waals surface area (Å²) in [5.41, 5.74) is 2.29. The normalized spacial score (nSPS) is 12.7. The summed E-state index contributed by atoms with van der Waals surface area (Å²) >= 11 is 1.72. The van der Waals surface area contributed by atoms with E-state index in [1.165, 1.54) is 10.4 Å². The topological polar surface area (TPSA) is 67.8 Å². The van der Waals surface area contributed by atoms with Crippen molar-refractivity contribution in [3.8, 4) is 11.5 Å². The molecule has 6 nitrogen and oxygen atoms in total. The molecular weight excluding hydrogens is 451 g/mol. The predicted molar refractivity (Wildman–Crippen MR) is 111 cm³/mol. The molecule has 0 bridgehead atoms. The summed E-state index contributed by atoms with van der Waals surface area (Å²) in [5, 5.41) is 7.76. The van der Waals surface area contributed by atoms with Crippen molar-refractivity contribution in [3.05, 3.63) is 39.3 Å². The minimum Gasteiger partial charge on any atom is -0.454 e. The van der Waals surface area contributed by atoms with E-state index in [2.05, 4.69) is 26.7 Å². The third-order valence-corrected chi connectivity index (χ3v) is 4.86. The molecule has 8 heteroatoms. The fourth-order valence-electron chi connectivity index (χ4n) is 2.54. The summed E-state index contributed by atoms with van der Waals surface area (Å²) in [6, 6.07) is 6.05. The van der Waals surface area contributed by atoms with Gasteiger partial charge in [-0.2, -0.15) is 0 Å². The number of nitrogens with one attached hydrogen (secondary N) is 2. The number of thiazole rings is 1. The number of benzene rings is 1. The molecule has 1 aromatic carbocycles. The zero-order chi connectivity index (χ0) is 16.9. The number of aromatic nitrogens is 1. The van der Waals surface area contributed by atoms with Crippen LogP contribution in [0.2, 0.25) is 0 Å². The summed E-state index contributed by atoms with van der Waals surface area (Å²) < 4.78 is 10.7. The Morgan fingerprint density at radius 2 is 2.04 bits per heavy atom. The molecule has 0 aliphatic carbocycles. The van der Waals surface area contributed by atoms with E-state index < -0.39 is 0 Å². The predicted octanol–water partition coefficient (Wildman–Crippen LogP) is 3.01. The lowest BCUT2D eigenvalue weighted by Gasteiger charge is -2.11. The van der Waals surface area contributed by atoms with Gasteiger partial charge in [0.05, 0.1) is 17.2 Å². The number of ether oxygens (including phenoxy) is 2. The average Bonchev–Trinajstić information content (AvgIpc) is 3.16. The molecule has 0 atom stereocenters. The third kappa shape index (κ3) is 5.21. The van der Waals surface area contributed by atoms with Crippen LogP contribution in [-0.2, 0) is 13.0 Å². The Balaban J connectivity index is 0.00000225. The summed E-state index contributed by atoms with van der Waals surface area (Å²) in [6.07, 6.45) is 0.885. The molecule has 2 aromatic rings. The van der Waals surface area contributed by atoms with Gasteiger partial charge in [0.1, 0.15) is 0 Å². The Morgan fingerprint density at radius 3 is 2.76 bits per heavy atom. The molecule has 0 saturated carbocycles. The van der Waals surface area contributed by atoms with Crippen molar-refractivity contribution in [2.24, 2.45) is 4.99 Å². The Kier molecular flexibility index (Phi) is 7.30. The van der Waals surface area contributed by atoms with Crippen molar-refractivity contribution in [2.45, 2.75) is 26.8 Å². The van der Waals surface area contributed by atoms with Crippen molar-refractivity contribution in [1.29, 1.82) is 0 Å². The number of halogens is 1. The van der Waals surface area contributed by atoms with Crippen LogP contribution in [-0.4, -0.2) is 31.3 Å². The van der Waals surface area contributed by atoms with Crippen LogP contribution in [0.4, 0.5) is 0 Å². The van der Waals surface area contributed by atoms with E-state index in [1.54, 1.807) is 18.4 Å². The van der Waals surface area contributed by atoms with Crippen LogP contribution in [0, 0.1) is 13.8 Å². The SMILES string of the molecule is CN=C(NCCc1ccc2c(c1)OCO2)NCc1sc(C)nc1C.I. The first-order chi connectivity index (χ1) is 11.7. The summed E-state index contributed by atoms with van der Waals surface area (Å²) in [7, 11) is 1.78. The molecule has 0 fully saturated rings. The molecule has 2 heterocycles. The van der Waals surface area contributed by atoms with E-state index in [9.17, 15) is 0 Å². The van der Waals surface area contributed by atoms with Crippen LogP contribution in [0.5, 0.6) is 11.5 Å². The van der Waals surface area contributed by atoms with Crippen LogP contribution in [0.3, 0.4) is 0 Å². The summed E-state index contributed by atoms with van der Waals surface area (Å²) in [5.74, 6) is 2.44. The van der Waals surface area contributed by atoms with E-state index in [1.807, 2.05) is 26.0 Å². The third-order valence-electron chi connectivity index (χ3n) is 3.78. The Bertz CT molecular complexity index is 748. The van der Waals surface area contributed by atoms with Gasteiger partial charge in [0, 0.05) is 18.5 Å². The fourth-order valence-corrected chi connectivity index (χ4v) is 3.42. The van der Waals surface area contributed by atoms with Crippen LogP contribution in [0.15, 0.2) is 23.2 Å². The fraction of sp³-hybridized carbons (Fsp3) is 0.412. The first-order valence-corrected chi connectivity index (χ1v) is 8.73. The van der Waals surface area contributed by atoms with Gasteiger partial charge in [0.2, 0.25) is 6.79 Å². The maximum atomic E-state index is 5.40. The molecule has 1 aromatic heterocycles. The van der Waals surface area contributed by atoms with E-state index in [4.69, 9.17) is 9.47 Å². The van der Waals surface area contributed by atoms with E-state index in [-0.39, 0.29) is 24.0 Å². The van der Waals surface area contributed by atoms with E-state index in [0.29, 0.717) is 6.79 Å². The van der Waals surface area contributed by atoms with Gasteiger partial charge < -0.3 is 20.1 Å². The first kappa shape index (κ1) is 19.8. The molecule has 1 aliphatic heterocycles. The minimum absolute atomic E-state index is 0. The van der Waals surface area contributed by atoms with Crippen LogP contribution >= 0.6 is 35.3 Å². The van der Waals surface area contributed by atoms with Gasteiger partial charge in [-0.25, -0.2) is 4.98 Å². The van der Waals surface area contributed by atoms with Crippen molar-refractivity contribution >= 4 is 41.3 Å². The second-order valence-electron chi connectivity index (χ2n) is 5.53. The van der Waals surface area contributed by atoms with Gasteiger partial charge in [-0.1, -0.05) is 6.07 Å². The Hall–Kier alpha value is -1.55. The number of aliphatic imine (C=N–C) groups is 1. The lowest BCUT2D eigenvalue weighted by Crippen LogP contribution is -2.37. The lowest BCUT2D eigenvalue weighted by atomic mass is 10.1. The monoisotopic (exact) mass is 474 g/mol. The second kappa shape index (κ2) is 9.23. The van der Waals surface area contributed by atoms with Gasteiger partial charge in [0.15, 0.2) is 17.5 Å². The minimum atomic E-state index is 0. The molecule has 25 heavy (non-hydrogen) atoms. The quantitative estimate of drug-likeness (QED) is 0.396. The van der Waals surface area contributed by atoms with Crippen LogP contribution in [0.1, 0.15) is 21.1 Å². The molecule has 0 amide bonds. The highest BCUT2D eigenvalue weighted by molar-refractivity contribution is 14.0. The van der Waals surface area contributed by atoms with Gasteiger partial charge in [0.25, 0.3) is 0 Å². The zero-order valence-electron chi connectivity index (χ0n) is 14.6. The van der Waals surface area contributed by atoms with Crippen LogP contribution < -0.4 is 20.1 Å². The standard InChI is InChI=1S/C17H22N4O2S.HI/c1-11-16(24-12(2)21-11)9-20-17(18-3)19-7-6-13-4-5-14-15(8-13)23-10-22-14;/h4-5,8H,6-7,9-10H2,1-3H3,(H2,18,19,20);1H. The highest BCUT2D eigenvalue weighted by Gasteiger charge is 2.13. The molecule has 3 rings (SSSR count). The summed E-state index contributed by atoms with van der Waals surface area (Å²) in [4.78, 5) is 9.95. The highest BCUT2D eigenvalue weighted by atomic mass is 127. The molecule has 0 radical (unpaired) electrons. The average molecular weight is 474 g/mol. The highest BCUT2D eigenvalue weighted by Crippen LogP contribution is 2.32. The second-order valence-corrected chi connectivity index (χ2v) is 6.82. The number of guanidine groups is 1. The Labute approximate surface area is 169 Å². The number of aryl methyl sites for hydroxylation is 2. The first-order valence-electron chi connectivity index (χ1n) is 7.91. The number of hydrogen-bond acceptors (Lipinski definition) is 5. The van der Waals surface area contributed by atoms with Gasteiger partial charge in [-0.15, -0.1) is 35.3 Å². The maximum Gasteiger partial charge on any atom is 0.231 e. The van der Waals surface area contributed by atoms with Gasteiger partial charge in [-0.05, 0) is 38.0 Å². The number of fused-ring (bicyclic) bond motifs is 1. The smallest absolute Gasteiger partial charge is 0.231 e. The largest absolute Gasteiger partial charge is 0.454 e. The number of nitrogens with zero attached hydrogens (tertiary/aromatic N) is 2. The molecule has 0 unspecified atom stereocenters. The van der Waals surface area contributed by atoms with Crippen molar-refractivity contribution in [3.63, 3.8) is 0 Å². The molecule has 136 valence electrons. The summed E-state index contributed by atoms with van der Waals surface area (Å²) in [6.45, 7) is 5.90. The van der Waals surface area contributed by atoms with Crippen molar-refractivity contribution < 1.29 is 9.47 Å². The molecule has 0 spiro atoms. The van der Waals surface area contributed by atoms with Crippen LogP contribution in [0.25, 0.3) is 0 Å². The van der Waals surface area contributed by atoms with Gasteiger partial charge >= 0.3 is 0 Å². The maximum absolute atomic E-state index is 5.40. The number of rotatable bonds is 5. The van der Waals surface area contributed by atoms with E-state index >= 15 is 0 Å². The molecular formula is C17H23IN4O2S. The zero-order valence-corrected chi connectivity index (χ0v) is 17.7. The van der Waals surface area contributed by atoms with Crippen molar-refractivity contribution in [1.82, 2.24) is 15.6 Å². The molecule has 2 N–H and O–H groups in total. The Morgan fingerprint density at radius 1 is 1.24 bits per heavy atom. The van der Waals surface area contributed by atoms with Gasteiger partial charge in [-0.3, -0.25) is 4.99 Å².